The summed E-state index contributed by atoms with van der Waals surface area (Å²) in [7, 11) is 0. The topological polar surface area (TPSA) is 48.0 Å². The molecule has 4 aromatic rings. The van der Waals surface area contributed by atoms with Crippen LogP contribution in [0.4, 0.5) is 0 Å². The molecule has 0 fully saturated rings. The molecule has 0 aliphatic heterocycles. The highest BCUT2D eigenvalue weighted by Crippen LogP contribution is 2.24. The molecule has 0 N–H and O–H groups in total. The molecule has 0 spiro atoms. The first-order valence-corrected chi connectivity index (χ1v) is 7.76. The van der Waals surface area contributed by atoms with Crippen LogP contribution in [0.15, 0.2) is 69.5 Å². The lowest BCUT2D eigenvalue weighted by Gasteiger charge is -2.08. The number of pyridine rings is 1. The smallest absolute Gasteiger partial charge is 0.236 e. The van der Waals surface area contributed by atoms with Gasteiger partial charge in [-0.1, -0.05) is 18.2 Å². The van der Waals surface area contributed by atoms with Gasteiger partial charge in [0.05, 0.1) is 22.6 Å². The molecule has 0 unspecified atom stereocenters. The predicted molar refractivity (Wildman–Crippen MR) is 87.1 cm³/mol. The van der Waals surface area contributed by atoms with E-state index in [-0.39, 0.29) is 5.43 Å². The maximum absolute atomic E-state index is 11.9. The summed E-state index contributed by atoms with van der Waals surface area (Å²) >= 11 is 1.60. The molecule has 5 heteroatoms. The van der Waals surface area contributed by atoms with Crippen molar-refractivity contribution in [2.24, 2.45) is 0 Å². The molecule has 0 bridgehead atoms. The number of aromatic nitrogens is 2. The molecule has 0 saturated carbocycles. The van der Waals surface area contributed by atoms with Crippen LogP contribution in [0.5, 0.6) is 0 Å². The highest BCUT2D eigenvalue weighted by molar-refractivity contribution is 7.13. The normalized spacial score (nSPS) is 11.1. The first-order chi connectivity index (χ1) is 10.8. The van der Waals surface area contributed by atoms with E-state index >= 15 is 0 Å². The largest absolute Gasteiger partial charge is 0.443 e. The summed E-state index contributed by atoms with van der Waals surface area (Å²) in [5.74, 6) is 0.635. The Morgan fingerprint density at radius 1 is 1.14 bits per heavy atom. The fourth-order valence-corrected chi connectivity index (χ4v) is 3.12. The second-order valence-corrected chi connectivity index (χ2v) is 5.89. The minimum atomic E-state index is 0.0336. The fraction of sp³-hybridized carbons (Fsp3) is 0.0588. The molecule has 0 radical (unpaired) electrons. The molecule has 0 aliphatic rings. The molecule has 0 amide bonds. The standard InChI is InChI=1S/C17H12N2O2S/c20-15-7-8-19(14-5-2-1-4-13(14)15)10-12-11-21-17(18-12)16-6-3-9-22-16/h1-9,11H,10H2. The molecule has 22 heavy (non-hydrogen) atoms. The van der Waals surface area contributed by atoms with E-state index in [1.165, 1.54) is 0 Å². The van der Waals surface area contributed by atoms with E-state index < -0.39 is 0 Å². The lowest BCUT2D eigenvalue weighted by molar-refractivity contribution is 0.573. The molecule has 0 aliphatic carbocycles. The number of hydrogen-bond donors (Lipinski definition) is 0. The molecule has 0 saturated heterocycles. The van der Waals surface area contributed by atoms with Gasteiger partial charge in [0.15, 0.2) is 5.43 Å². The summed E-state index contributed by atoms with van der Waals surface area (Å²) < 4.78 is 7.55. The van der Waals surface area contributed by atoms with E-state index in [9.17, 15) is 4.79 Å². The minimum Gasteiger partial charge on any atom is -0.443 e. The zero-order valence-corrected chi connectivity index (χ0v) is 12.4. The Morgan fingerprint density at radius 2 is 2.05 bits per heavy atom. The third-order valence-corrected chi connectivity index (χ3v) is 4.36. The Bertz CT molecular complexity index is 983. The third kappa shape index (κ3) is 2.25. The molecule has 3 aromatic heterocycles. The van der Waals surface area contributed by atoms with E-state index in [2.05, 4.69) is 4.98 Å². The summed E-state index contributed by atoms with van der Waals surface area (Å²) in [5, 5.41) is 2.71. The quantitative estimate of drug-likeness (QED) is 0.579. The number of oxazole rings is 1. The average molecular weight is 308 g/mol. The highest BCUT2D eigenvalue weighted by atomic mass is 32.1. The molecular formula is C17H12N2O2S. The van der Waals surface area contributed by atoms with Gasteiger partial charge in [0.25, 0.3) is 0 Å². The van der Waals surface area contributed by atoms with E-state index in [4.69, 9.17) is 4.42 Å². The summed E-state index contributed by atoms with van der Waals surface area (Å²) in [6, 6.07) is 13.1. The third-order valence-electron chi connectivity index (χ3n) is 3.50. The first kappa shape index (κ1) is 13.0. The number of thiophene rings is 1. The number of para-hydroxylation sites is 1. The van der Waals surface area contributed by atoms with Gasteiger partial charge in [0.2, 0.25) is 5.89 Å². The lowest BCUT2D eigenvalue weighted by Crippen LogP contribution is -2.08. The number of hydrogen-bond acceptors (Lipinski definition) is 4. The fourth-order valence-electron chi connectivity index (χ4n) is 2.47. The SMILES string of the molecule is O=c1ccn(Cc2coc(-c3cccs3)n2)c2ccccc12. The maximum Gasteiger partial charge on any atom is 0.236 e. The number of fused-ring (bicyclic) bond motifs is 1. The Morgan fingerprint density at radius 3 is 2.91 bits per heavy atom. The number of nitrogens with zero attached hydrogens (tertiary/aromatic N) is 2. The van der Waals surface area contributed by atoms with Gasteiger partial charge >= 0.3 is 0 Å². The van der Waals surface area contributed by atoms with Gasteiger partial charge in [-0.15, -0.1) is 11.3 Å². The summed E-state index contributed by atoms with van der Waals surface area (Å²) in [4.78, 5) is 17.4. The summed E-state index contributed by atoms with van der Waals surface area (Å²) in [6.45, 7) is 0.565. The average Bonchev–Trinajstić information content (AvgIpc) is 3.21. The molecule has 3 heterocycles. The Balaban J connectivity index is 1.73. The van der Waals surface area contributed by atoms with E-state index in [1.54, 1.807) is 29.9 Å². The van der Waals surface area contributed by atoms with Gasteiger partial charge in [0, 0.05) is 17.6 Å². The highest BCUT2D eigenvalue weighted by Gasteiger charge is 2.09. The molecule has 4 nitrogen and oxygen atoms in total. The zero-order valence-electron chi connectivity index (χ0n) is 11.6. The molecule has 1 aromatic carbocycles. The Kier molecular flexibility index (Phi) is 3.12. The van der Waals surface area contributed by atoms with Crippen LogP contribution in [-0.4, -0.2) is 9.55 Å². The minimum absolute atomic E-state index is 0.0336. The van der Waals surface area contributed by atoms with E-state index in [0.717, 1.165) is 16.1 Å². The van der Waals surface area contributed by atoms with E-state index in [1.807, 2.05) is 46.3 Å². The van der Waals surface area contributed by atoms with E-state index in [0.29, 0.717) is 17.8 Å². The summed E-state index contributed by atoms with van der Waals surface area (Å²) in [5.41, 5.74) is 1.76. The molecule has 4 rings (SSSR count). The molecular weight excluding hydrogens is 296 g/mol. The van der Waals surface area contributed by atoms with Crippen LogP contribution >= 0.6 is 11.3 Å². The Hall–Kier alpha value is -2.66. The number of rotatable bonds is 3. The van der Waals surface area contributed by atoms with Gasteiger partial charge < -0.3 is 8.98 Å². The van der Waals surface area contributed by atoms with Crippen molar-refractivity contribution in [2.45, 2.75) is 6.54 Å². The second kappa shape index (κ2) is 5.27. The van der Waals surface area contributed by atoms with Crippen LogP contribution in [0, 0.1) is 0 Å². The number of benzene rings is 1. The second-order valence-electron chi connectivity index (χ2n) is 4.95. The van der Waals surface area contributed by atoms with Crippen LogP contribution in [-0.2, 0) is 6.54 Å². The van der Waals surface area contributed by atoms with Crippen molar-refractivity contribution in [1.29, 1.82) is 0 Å². The van der Waals surface area contributed by atoms with Crippen molar-refractivity contribution in [3.63, 3.8) is 0 Å². The molecule has 0 atom stereocenters. The van der Waals surface area contributed by atoms with Crippen molar-refractivity contribution < 1.29 is 4.42 Å². The van der Waals surface area contributed by atoms with Crippen molar-refractivity contribution >= 4 is 22.2 Å². The Labute approximate surface area is 130 Å². The van der Waals surface area contributed by atoms with Crippen LogP contribution in [0.25, 0.3) is 21.7 Å². The van der Waals surface area contributed by atoms with Crippen LogP contribution < -0.4 is 5.43 Å². The monoisotopic (exact) mass is 308 g/mol. The predicted octanol–water partition coefficient (Wildman–Crippen LogP) is 3.77. The van der Waals surface area contributed by atoms with Crippen LogP contribution in [0.1, 0.15) is 5.69 Å². The first-order valence-electron chi connectivity index (χ1n) is 6.88. The van der Waals surface area contributed by atoms with Gasteiger partial charge in [-0.25, -0.2) is 4.98 Å². The van der Waals surface area contributed by atoms with Crippen molar-refractivity contribution in [1.82, 2.24) is 9.55 Å². The maximum atomic E-state index is 11.9. The van der Waals surface area contributed by atoms with Crippen LogP contribution in [0.3, 0.4) is 0 Å². The lowest BCUT2D eigenvalue weighted by atomic mass is 10.2. The summed E-state index contributed by atoms with van der Waals surface area (Å²) in [6.07, 6.45) is 3.46. The van der Waals surface area contributed by atoms with Gasteiger partial charge in [-0.05, 0) is 23.6 Å². The molecule has 108 valence electrons. The zero-order chi connectivity index (χ0) is 14.9. The van der Waals surface area contributed by atoms with Gasteiger partial charge in [-0.3, -0.25) is 4.79 Å². The van der Waals surface area contributed by atoms with Gasteiger partial charge in [0.1, 0.15) is 6.26 Å². The van der Waals surface area contributed by atoms with Crippen molar-refractivity contribution in [2.75, 3.05) is 0 Å². The van der Waals surface area contributed by atoms with Crippen molar-refractivity contribution in [3.05, 3.63) is 76.2 Å². The van der Waals surface area contributed by atoms with Crippen molar-refractivity contribution in [3.8, 4) is 10.8 Å². The van der Waals surface area contributed by atoms with Crippen LogP contribution in [0.2, 0.25) is 0 Å². The van der Waals surface area contributed by atoms with Gasteiger partial charge in [-0.2, -0.15) is 0 Å².